The molecule has 246 valence electrons. The first-order chi connectivity index (χ1) is 23.2. The van der Waals surface area contributed by atoms with Gasteiger partial charge in [0.25, 0.3) is 0 Å². The molecule has 0 fully saturated rings. The van der Waals surface area contributed by atoms with E-state index < -0.39 is 0 Å². The summed E-state index contributed by atoms with van der Waals surface area (Å²) in [5.74, 6) is 1.95. The maximum Gasteiger partial charge on any atom is 0.164 e. The van der Waals surface area contributed by atoms with Crippen molar-refractivity contribution in [3.8, 4) is 45.3 Å². The van der Waals surface area contributed by atoms with E-state index in [1.54, 1.807) is 0 Å². The van der Waals surface area contributed by atoms with Crippen molar-refractivity contribution in [3.05, 3.63) is 126 Å². The Bertz CT molecular complexity index is 2260. The Morgan fingerprint density at radius 1 is 0.388 bits per heavy atom. The van der Waals surface area contributed by atoms with Crippen LogP contribution in [0.15, 0.2) is 114 Å². The van der Waals surface area contributed by atoms with Crippen LogP contribution in [0.2, 0.25) is 0 Å². The SMILES string of the molecule is CC(C)(C)c1cc(C(C)(C)C)c2oc3c(C(C)(C)C)cc(-c4cccc(-c5nc(-c6ccccc6)nc(-c6ccccc6)n5)c4)cc3c2c1. The van der Waals surface area contributed by atoms with E-state index in [4.69, 9.17) is 19.4 Å². The number of hydrogen-bond donors (Lipinski definition) is 0. The lowest BCUT2D eigenvalue weighted by atomic mass is 9.79. The fourth-order valence-electron chi connectivity index (χ4n) is 6.47. The quantitative estimate of drug-likeness (QED) is 0.191. The average Bonchev–Trinajstić information content (AvgIpc) is 3.45. The van der Waals surface area contributed by atoms with Crippen molar-refractivity contribution in [1.29, 1.82) is 0 Å². The number of benzene rings is 5. The second-order valence-electron chi connectivity index (χ2n) is 16.3. The summed E-state index contributed by atoms with van der Waals surface area (Å²) < 4.78 is 6.90. The molecule has 5 aromatic carbocycles. The van der Waals surface area contributed by atoms with E-state index in [9.17, 15) is 0 Å². The first-order valence-corrected chi connectivity index (χ1v) is 17.2. The van der Waals surface area contributed by atoms with Gasteiger partial charge in [-0.05, 0) is 57.2 Å². The van der Waals surface area contributed by atoms with Crippen LogP contribution in [0.3, 0.4) is 0 Å². The number of hydrogen-bond acceptors (Lipinski definition) is 4. The smallest absolute Gasteiger partial charge is 0.164 e. The molecule has 49 heavy (non-hydrogen) atoms. The molecule has 0 amide bonds. The van der Waals surface area contributed by atoms with Crippen LogP contribution in [-0.2, 0) is 16.2 Å². The fourth-order valence-corrected chi connectivity index (χ4v) is 6.47. The predicted molar refractivity (Wildman–Crippen MR) is 205 cm³/mol. The van der Waals surface area contributed by atoms with E-state index in [0.717, 1.165) is 44.4 Å². The van der Waals surface area contributed by atoms with E-state index >= 15 is 0 Å². The molecule has 0 radical (unpaired) electrons. The molecule has 4 nitrogen and oxygen atoms in total. The highest BCUT2D eigenvalue weighted by Gasteiger charge is 2.28. The van der Waals surface area contributed by atoms with Crippen molar-refractivity contribution in [3.63, 3.8) is 0 Å². The van der Waals surface area contributed by atoms with Crippen molar-refractivity contribution >= 4 is 21.9 Å². The van der Waals surface area contributed by atoms with Gasteiger partial charge in [-0.15, -0.1) is 0 Å². The van der Waals surface area contributed by atoms with Crippen LogP contribution in [-0.4, -0.2) is 15.0 Å². The number of aromatic nitrogens is 3. The molecule has 0 saturated heterocycles. The summed E-state index contributed by atoms with van der Waals surface area (Å²) >= 11 is 0. The molecular formula is C45H45N3O. The first kappa shape index (κ1) is 32.5. The van der Waals surface area contributed by atoms with Crippen LogP contribution in [0.1, 0.15) is 79.0 Å². The van der Waals surface area contributed by atoms with Crippen LogP contribution in [0, 0.1) is 0 Å². The Morgan fingerprint density at radius 3 is 1.35 bits per heavy atom. The lowest BCUT2D eigenvalue weighted by Gasteiger charge is -2.25. The van der Waals surface area contributed by atoms with Crippen molar-refractivity contribution in [2.24, 2.45) is 0 Å². The zero-order valence-corrected chi connectivity index (χ0v) is 30.1. The summed E-state index contributed by atoms with van der Waals surface area (Å²) in [4.78, 5) is 14.9. The number of fused-ring (bicyclic) bond motifs is 3. The standard InChI is InChI=1S/C45H45N3O/c1-43(2,3)33-26-35-34-24-32(25-36(44(4,5)6)38(34)49-39(35)37(27-33)45(7,8)9)30-21-16-22-31(23-30)42-47-40(28-17-12-10-13-18-28)46-41(48-42)29-19-14-11-15-20-29/h10-27H,1-9H3. The zero-order valence-electron chi connectivity index (χ0n) is 30.1. The molecule has 0 unspecified atom stereocenters. The summed E-state index contributed by atoms with van der Waals surface area (Å²) in [6, 6.07) is 38.1. The fraction of sp³-hybridized carbons (Fsp3) is 0.267. The van der Waals surface area contributed by atoms with Crippen LogP contribution in [0.5, 0.6) is 0 Å². The minimum absolute atomic E-state index is 0.00166. The second kappa shape index (κ2) is 11.8. The molecule has 2 aromatic heterocycles. The van der Waals surface area contributed by atoms with Gasteiger partial charge in [0.05, 0.1) is 0 Å². The summed E-state index contributed by atoms with van der Waals surface area (Å²) in [7, 11) is 0. The molecule has 0 aliphatic heterocycles. The van der Waals surface area contributed by atoms with E-state index in [0.29, 0.717) is 17.5 Å². The summed E-state index contributed by atoms with van der Waals surface area (Å²) in [5, 5.41) is 2.32. The van der Waals surface area contributed by atoms with Gasteiger partial charge in [-0.1, -0.05) is 147 Å². The lowest BCUT2D eigenvalue weighted by molar-refractivity contribution is 0.550. The Labute approximate surface area is 290 Å². The third-order valence-electron chi connectivity index (χ3n) is 9.31. The Hall–Kier alpha value is -5.09. The highest BCUT2D eigenvalue weighted by atomic mass is 16.3. The van der Waals surface area contributed by atoms with Crippen LogP contribution < -0.4 is 0 Å². The van der Waals surface area contributed by atoms with Crippen molar-refractivity contribution in [2.45, 2.75) is 78.6 Å². The van der Waals surface area contributed by atoms with Gasteiger partial charge in [0.1, 0.15) is 11.2 Å². The molecule has 0 spiro atoms. The van der Waals surface area contributed by atoms with Crippen LogP contribution in [0.25, 0.3) is 67.2 Å². The van der Waals surface area contributed by atoms with Gasteiger partial charge in [-0.2, -0.15) is 0 Å². The third-order valence-corrected chi connectivity index (χ3v) is 9.31. The minimum Gasteiger partial charge on any atom is -0.455 e. The third kappa shape index (κ3) is 6.28. The Kier molecular flexibility index (Phi) is 7.82. The van der Waals surface area contributed by atoms with Gasteiger partial charge in [0.2, 0.25) is 0 Å². The molecular weight excluding hydrogens is 599 g/mol. The Morgan fingerprint density at radius 2 is 0.837 bits per heavy atom. The molecule has 0 aliphatic carbocycles. The molecule has 0 saturated carbocycles. The maximum atomic E-state index is 6.90. The molecule has 4 heteroatoms. The van der Waals surface area contributed by atoms with E-state index in [1.165, 1.54) is 22.1 Å². The molecule has 7 rings (SSSR count). The second-order valence-corrected chi connectivity index (χ2v) is 16.3. The van der Waals surface area contributed by atoms with Gasteiger partial charge in [-0.25, -0.2) is 15.0 Å². The molecule has 7 aromatic rings. The van der Waals surface area contributed by atoms with Crippen LogP contribution >= 0.6 is 0 Å². The highest BCUT2D eigenvalue weighted by molar-refractivity contribution is 6.09. The van der Waals surface area contributed by atoms with Gasteiger partial charge in [0.15, 0.2) is 17.5 Å². The predicted octanol–water partition coefficient (Wildman–Crippen LogP) is 12.3. The van der Waals surface area contributed by atoms with Crippen molar-refractivity contribution in [2.75, 3.05) is 0 Å². The zero-order chi connectivity index (χ0) is 34.7. The van der Waals surface area contributed by atoms with E-state index in [1.807, 2.05) is 60.7 Å². The van der Waals surface area contributed by atoms with Crippen molar-refractivity contribution in [1.82, 2.24) is 15.0 Å². The molecule has 0 N–H and O–H groups in total. The van der Waals surface area contributed by atoms with E-state index in [-0.39, 0.29) is 16.2 Å². The van der Waals surface area contributed by atoms with Crippen molar-refractivity contribution < 1.29 is 4.42 Å². The molecule has 0 atom stereocenters. The van der Waals surface area contributed by atoms with Gasteiger partial charge < -0.3 is 4.42 Å². The maximum absolute atomic E-state index is 6.90. The normalized spacial score (nSPS) is 12.6. The number of furan rings is 1. The number of nitrogens with zero attached hydrogens (tertiary/aromatic N) is 3. The Balaban J connectivity index is 1.45. The van der Waals surface area contributed by atoms with Gasteiger partial charge >= 0.3 is 0 Å². The largest absolute Gasteiger partial charge is 0.455 e. The minimum atomic E-state index is -0.141. The highest BCUT2D eigenvalue weighted by Crippen LogP contribution is 2.44. The van der Waals surface area contributed by atoms with Gasteiger partial charge in [-0.3, -0.25) is 0 Å². The summed E-state index contributed by atoms with van der Waals surface area (Å²) in [6.45, 7) is 20.5. The number of rotatable bonds is 4. The van der Waals surface area contributed by atoms with E-state index in [2.05, 4.69) is 111 Å². The average molecular weight is 644 g/mol. The summed E-state index contributed by atoms with van der Waals surface area (Å²) in [6.07, 6.45) is 0. The van der Waals surface area contributed by atoms with Gasteiger partial charge in [0, 0.05) is 38.6 Å². The molecule has 0 aliphatic rings. The molecule has 0 bridgehead atoms. The topological polar surface area (TPSA) is 51.8 Å². The van der Waals surface area contributed by atoms with Crippen LogP contribution in [0.4, 0.5) is 0 Å². The summed E-state index contributed by atoms with van der Waals surface area (Å²) in [5.41, 5.74) is 10.6. The first-order valence-electron chi connectivity index (χ1n) is 17.2. The molecule has 2 heterocycles. The monoisotopic (exact) mass is 643 g/mol. The lowest BCUT2D eigenvalue weighted by Crippen LogP contribution is -2.16.